The van der Waals surface area contributed by atoms with Gasteiger partial charge in [-0.3, -0.25) is 0 Å². The van der Waals surface area contributed by atoms with Gasteiger partial charge in [-0.1, -0.05) is 19.9 Å². The van der Waals surface area contributed by atoms with Gasteiger partial charge in [0.1, 0.15) is 15.9 Å². The van der Waals surface area contributed by atoms with E-state index in [0.29, 0.717) is 30.0 Å². The zero-order valence-corrected chi connectivity index (χ0v) is 19.7. The van der Waals surface area contributed by atoms with Gasteiger partial charge in [-0.2, -0.15) is 13.1 Å². The molecule has 170 valence electrons. The first-order valence-corrected chi connectivity index (χ1v) is 13.0. The summed E-state index contributed by atoms with van der Waals surface area (Å²) in [4.78, 5) is 17.1. The highest BCUT2D eigenvalue weighted by Gasteiger charge is 2.32. The summed E-state index contributed by atoms with van der Waals surface area (Å²) in [5.41, 5.74) is 1.00. The minimum absolute atomic E-state index is 0.0924. The average Bonchev–Trinajstić information content (AvgIpc) is 3.23. The number of sulfonamides is 1. The van der Waals surface area contributed by atoms with Gasteiger partial charge in [-0.15, -0.1) is 0 Å². The van der Waals surface area contributed by atoms with Crippen LogP contribution in [0.25, 0.3) is 11.0 Å². The third-order valence-corrected chi connectivity index (χ3v) is 8.40. The molecule has 4 rings (SSSR count). The van der Waals surface area contributed by atoms with E-state index in [1.807, 2.05) is 0 Å². The Bertz CT molecular complexity index is 1010. The highest BCUT2D eigenvalue weighted by atomic mass is 32.2. The molecule has 2 fully saturated rings. The number of hydrogen-bond donors (Lipinski definition) is 1. The molecule has 2 aromatic rings. The van der Waals surface area contributed by atoms with Crippen LogP contribution in [0.3, 0.4) is 0 Å². The molecule has 2 aliphatic rings. The number of urea groups is 1. The molecule has 0 unspecified atom stereocenters. The molecule has 3 heterocycles. The molecular weight excluding hydrogens is 436 g/mol. The number of rotatable bonds is 5. The number of benzene rings is 1. The number of aromatic nitrogens is 2. The summed E-state index contributed by atoms with van der Waals surface area (Å²) in [7, 11) is -3.68. The van der Waals surface area contributed by atoms with Crippen LogP contribution >= 0.6 is 11.7 Å². The van der Waals surface area contributed by atoms with Crippen LogP contribution in [0.15, 0.2) is 23.1 Å². The molecule has 1 N–H and O–H groups in total. The highest BCUT2D eigenvalue weighted by Crippen LogP contribution is 2.25. The molecule has 2 saturated heterocycles. The monoisotopic (exact) mass is 466 g/mol. The Labute approximate surface area is 187 Å². The molecule has 1 aromatic carbocycles. The SMILES string of the molecule is CC(C)CN1CCC(NC(=O)N2CCN(S(=O)(=O)c3cccc4nsnc34)CC2)CC1. The lowest BCUT2D eigenvalue weighted by atomic mass is 10.0. The number of piperazine rings is 1. The van der Waals surface area contributed by atoms with Crippen LogP contribution in [-0.4, -0.2) is 89.2 Å². The minimum atomic E-state index is -3.68. The quantitative estimate of drug-likeness (QED) is 0.722. The molecule has 0 aliphatic carbocycles. The van der Waals surface area contributed by atoms with Gasteiger partial charge in [0.15, 0.2) is 0 Å². The van der Waals surface area contributed by atoms with Crippen molar-refractivity contribution < 1.29 is 13.2 Å². The van der Waals surface area contributed by atoms with Crippen LogP contribution in [-0.2, 0) is 10.0 Å². The van der Waals surface area contributed by atoms with Crippen molar-refractivity contribution in [2.75, 3.05) is 45.8 Å². The van der Waals surface area contributed by atoms with Gasteiger partial charge in [0.05, 0.1) is 11.7 Å². The Morgan fingerprint density at radius 2 is 1.84 bits per heavy atom. The molecule has 0 radical (unpaired) electrons. The molecule has 2 aliphatic heterocycles. The molecule has 0 atom stereocenters. The van der Waals surface area contributed by atoms with Gasteiger partial charge >= 0.3 is 6.03 Å². The lowest BCUT2D eigenvalue weighted by Gasteiger charge is -2.37. The third-order valence-electron chi connectivity index (χ3n) is 5.93. The van der Waals surface area contributed by atoms with Crippen LogP contribution in [0.5, 0.6) is 0 Å². The zero-order valence-electron chi connectivity index (χ0n) is 18.0. The van der Waals surface area contributed by atoms with Crippen LogP contribution in [0.2, 0.25) is 0 Å². The van der Waals surface area contributed by atoms with Crippen molar-refractivity contribution in [2.45, 2.75) is 37.6 Å². The predicted molar refractivity (Wildman–Crippen MR) is 121 cm³/mol. The van der Waals surface area contributed by atoms with Crippen molar-refractivity contribution in [2.24, 2.45) is 5.92 Å². The Hall–Kier alpha value is -1.82. The standard InChI is InChI=1S/C20H30N6O3S2/c1-15(2)14-24-8-6-16(7-9-24)21-20(27)25-10-12-26(13-11-25)31(28,29)18-5-3-4-17-19(18)23-30-22-17/h3-5,15-16H,6-14H2,1-2H3,(H,21,27). The molecule has 9 nitrogen and oxygen atoms in total. The molecule has 31 heavy (non-hydrogen) atoms. The summed E-state index contributed by atoms with van der Waals surface area (Å²) < 4.78 is 36.0. The lowest BCUT2D eigenvalue weighted by molar-refractivity contribution is 0.152. The topological polar surface area (TPSA) is 98.7 Å². The van der Waals surface area contributed by atoms with E-state index < -0.39 is 10.0 Å². The van der Waals surface area contributed by atoms with Gasteiger partial charge in [-0.25, -0.2) is 13.2 Å². The number of nitrogens with zero attached hydrogens (tertiary/aromatic N) is 5. The molecule has 1 aromatic heterocycles. The van der Waals surface area contributed by atoms with Gasteiger partial charge in [0, 0.05) is 51.9 Å². The number of piperidine rings is 1. The van der Waals surface area contributed by atoms with Crippen LogP contribution in [0, 0.1) is 5.92 Å². The summed E-state index contributed by atoms with van der Waals surface area (Å²) in [5.74, 6) is 0.650. The highest BCUT2D eigenvalue weighted by molar-refractivity contribution is 7.89. The number of carbonyl (C=O) groups excluding carboxylic acids is 1. The first kappa shape index (κ1) is 22.4. The second-order valence-electron chi connectivity index (χ2n) is 8.70. The average molecular weight is 467 g/mol. The Morgan fingerprint density at radius 1 is 1.13 bits per heavy atom. The van der Waals surface area contributed by atoms with Gasteiger partial charge in [0.2, 0.25) is 10.0 Å². The van der Waals surface area contributed by atoms with Crippen molar-refractivity contribution in [1.29, 1.82) is 0 Å². The number of carbonyl (C=O) groups is 1. The smallest absolute Gasteiger partial charge is 0.317 e. The number of nitrogens with one attached hydrogen (secondary N) is 1. The van der Waals surface area contributed by atoms with Gasteiger partial charge < -0.3 is 15.1 Å². The number of fused-ring (bicyclic) bond motifs is 1. The zero-order chi connectivity index (χ0) is 22.0. The molecule has 0 saturated carbocycles. The molecule has 11 heteroatoms. The van der Waals surface area contributed by atoms with Crippen molar-refractivity contribution in [3.63, 3.8) is 0 Å². The third kappa shape index (κ3) is 5.00. The fourth-order valence-electron chi connectivity index (χ4n) is 4.30. The second kappa shape index (κ2) is 9.35. The number of amides is 2. The summed E-state index contributed by atoms with van der Waals surface area (Å²) >= 11 is 1.01. The molecule has 2 amide bonds. The summed E-state index contributed by atoms with van der Waals surface area (Å²) in [6.45, 7) is 8.86. The summed E-state index contributed by atoms with van der Waals surface area (Å²) in [5, 5.41) is 3.14. The van der Waals surface area contributed by atoms with Crippen LogP contribution in [0.1, 0.15) is 26.7 Å². The van der Waals surface area contributed by atoms with Gasteiger partial charge in [-0.05, 0) is 30.9 Å². The Morgan fingerprint density at radius 3 is 2.52 bits per heavy atom. The van der Waals surface area contributed by atoms with Crippen LogP contribution < -0.4 is 5.32 Å². The van der Waals surface area contributed by atoms with E-state index >= 15 is 0 Å². The van der Waals surface area contributed by atoms with Crippen molar-refractivity contribution in [3.8, 4) is 0 Å². The Balaban J connectivity index is 1.30. The molecule has 0 spiro atoms. The van der Waals surface area contributed by atoms with Crippen molar-refractivity contribution >= 4 is 38.8 Å². The van der Waals surface area contributed by atoms with Crippen molar-refractivity contribution in [3.05, 3.63) is 18.2 Å². The maximum atomic E-state index is 13.1. The minimum Gasteiger partial charge on any atom is -0.335 e. The van der Waals surface area contributed by atoms with E-state index in [0.717, 1.165) is 44.2 Å². The molecule has 0 bridgehead atoms. The largest absolute Gasteiger partial charge is 0.335 e. The normalized spacial score (nSPS) is 19.9. The van der Waals surface area contributed by atoms with E-state index in [1.165, 1.54) is 4.31 Å². The van der Waals surface area contributed by atoms with Crippen LogP contribution in [0.4, 0.5) is 4.79 Å². The number of likely N-dealkylation sites (tertiary alicyclic amines) is 1. The van der Waals surface area contributed by atoms with E-state index in [1.54, 1.807) is 23.1 Å². The first-order chi connectivity index (χ1) is 14.8. The fraction of sp³-hybridized carbons (Fsp3) is 0.650. The number of hydrogen-bond acceptors (Lipinski definition) is 7. The Kier molecular flexibility index (Phi) is 6.75. The summed E-state index contributed by atoms with van der Waals surface area (Å²) in [6, 6.07) is 5.11. The second-order valence-corrected chi connectivity index (χ2v) is 11.1. The lowest BCUT2D eigenvalue weighted by Crippen LogP contribution is -2.55. The summed E-state index contributed by atoms with van der Waals surface area (Å²) in [6.07, 6.45) is 1.91. The molecular formula is C20H30N6O3S2. The van der Waals surface area contributed by atoms with E-state index in [9.17, 15) is 13.2 Å². The maximum Gasteiger partial charge on any atom is 0.317 e. The van der Waals surface area contributed by atoms with E-state index in [-0.39, 0.29) is 30.1 Å². The van der Waals surface area contributed by atoms with Gasteiger partial charge in [0.25, 0.3) is 0 Å². The predicted octanol–water partition coefficient (Wildman–Crippen LogP) is 1.83. The first-order valence-electron chi connectivity index (χ1n) is 10.8. The van der Waals surface area contributed by atoms with E-state index in [4.69, 9.17) is 0 Å². The van der Waals surface area contributed by atoms with Crippen molar-refractivity contribution in [1.82, 2.24) is 28.2 Å². The fourth-order valence-corrected chi connectivity index (χ4v) is 6.48. The maximum absolute atomic E-state index is 13.1. The van der Waals surface area contributed by atoms with E-state index in [2.05, 4.69) is 32.8 Å².